The van der Waals surface area contributed by atoms with Crippen LogP contribution in [0.4, 0.5) is 0 Å². The first-order valence-electron chi connectivity index (χ1n) is 7.65. The average molecular weight is 279 g/mol. The monoisotopic (exact) mass is 279 g/mol. The molecule has 0 radical (unpaired) electrons. The molecule has 0 spiro atoms. The molecule has 0 aromatic carbocycles. The number of aromatic nitrogens is 2. The minimum atomic E-state index is 0.197. The molecule has 1 heterocycles. The fraction of sp³-hybridized carbons (Fsp3) is 0.750. The SMILES string of the molecule is CCCn1nccc1C(=O)CCC(CCN)C(C)(C)C. The first-order valence-corrected chi connectivity index (χ1v) is 7.65. The molecule has 0 saturated heterocycles. The summed E-state index contributed by atoms with van der Waals surface area (Å²) in [6, 6.07) is 1.83. The molecule has 0 amide bonds. The topological polar surface area (TPSA) is 60.9 Å². The van der Waals surface area contributed by atoms with Crippen molar-refractivity contribution in [1.82, 2.24) is 9.78 Å². The van der Waals surface area contributed by atoms with E-state index in [1.54, 1.807) is 6.20 Å². The van der Waals surface area contributed by atoms with Crippen molar-refractivity contribution < 1.29 is 4.79 Å². The summed E-state index contributed by atoms with van der Waals surface area (Å²) in [4.78, 5) is 12.3. The summed E-state index contributed by atoms with van der Waals surface area (Å²) in [7, 11) is 0. The second kappa shape index (κ2) is 7.58. The molecule has 0 bridgehead atoms. The molecule has 1 unspecified atom stereocenters. The first-order chi connectivity index (χ1) is 9.40. The summed E-state index contributed by atoms with van der Waals surface area (Å²) < 4.78 is 1.82. The van der Waals surface area contributed by atoms with Gasteiger partial charge < -0.3 is 5.73 Å². The Hall–Kier alpha value is -1.16. The van der Waals surface area contributed by atoms with Gasteiger partial charge in [0.2, 0.25) is 0 Å². The highest BCUT2D eigenvalue weighted by atomic mass is 16.1. The third-order valence-corrected chi connectivity index (χ3v) is 3.90. The van der Waals surface area contributed by atoms with Gasteiger partial charge in [0.1, 0.15) is 5.69 Å². The van der Waals surface area contributed by atoms with Crippen molar-refractivity contribution in [2.45, 2.75) is 59.9 Å². The molecule has 0 fully saturated rings. The van der Waals surface area contributed by atoms with Gasteiger partial charge in [0.25, 0.3) is 0 Å². The molecule has 4 heteroatoms. The smallest absolute Gasteiger partial charge is 0.180 e. The van der Waals surface area contributed by atoms with Gasteiger partial charge in [0, 0.05) is 19.2 Å². The van der Waals surface area contributed by atoms with Gasteiger partial charge >= 0.3 is 0 Å². The van der Waals surface area contributed by atoms with Gasteiger partial charge in [0.15, 0.2) is 5.78 Å². The highest BCUT2D eigenvalue weighted by Crippen LogP contribution is 2.32. The van der Waals surface area contributed by atoms with E-state index in [0.29, 0.717) is 18.9 Å². The zero-order chi connectivity index (χ0) is 15.2. The molecular formula is C16H29N3O. The Morgan fingerprint density at radius 1 is 1.40 bits per heavy atom. The number of hydrogen-bond donors (Lipinski definition) is 1. The number of nitrogens with two attached hydrogens (primary N) is 1. The lowest BCUT2D eigenvalue weighted by Gasteiger charge is -2.30. The van der Waals surface area contributed by atoms with Crippen LogP contribution in [0.2, 0.25) is 0 Å². The Balaban J connectivity index is 2.63. The van der Waals surface area contributed by atoms with E-state index in [4.69, 9.17) is 5.73 Å². The van der Waals surface area contributed by atoms with Crippen molar-refractivity contribution in [3.63, 3.8) is 0 Å². The Kier molecular flexibility index (Phi) is 6.40. The second-order valence-corrected chi connectivity index (χ2v) is 6.54. The lowest BCUT2D eigenvalue weighted by atomic mass is 9.76. The van der Waals surface area contributed by atoms with Gasteiger partial charge in [-0.05, 0) is 43.2 Å². The van der Waals surface area contributed by atoms with E-state index in [-0.39, 0.29) is 11.2 Å². The molecule has 2 N–H and O–H groups in total. The van der Waals surface area contributed by atoms with Crippen molar-refractivity contribution in [3.05, 3.63) is 18.0 Å². The number of carbonyl (C=O) groups excluding carboxylic acids is 1. The quantitative estimate of drug-likeness (QED) is 0.743. The molecular weight excluding hydrogens is 250 g/mol. The first kappa shape index (κ1) is 16.9. The van der Waals surface area contributed by atoms with E-state index in [0.717, 1.165) is 31.5 Å². The van der Waals surface area contributed by atoms with Crippen LogP contribution in [0, 0.1) is 11.3 Å². The molecule has 114 valence electrons. The molecule has 1 rings (SSSR count). The number of carbonyl (C=O) groups is 1. The second-order valence-electron chi connectivity index (χ2n) is 6.54. The van der Waals surface area contributed by atoms with E-state index in [2.05, 4.69) is 32.8 Å². The zero-order valence-electron chi connectivity index (χ0n) is 13.4. The van der Waals surface area contributed by atoms with E-state index in [1.807, 2.05) is 10.7 Å². The van der Waals surface area contributed by atoms with Gasteiger partial charge in [-0.3, -0.25) is 9.48 Å². The summed E-state index contributed by atoms with van der Waals surface area (Å²) in [6.45, 7) is 10.2. The minimum Gasteiger partial charge on any atom is -0.330 e. The van der Waals surface area contributed by atoms with Crippen molar-refractivity contribution in [2.24, 2.45) is 17.1 Å². The predicted molar refractivity (Wildman–Crippen MR) is 82.7 cm³/mol. The standard InChI is InChI=1S/C16H29N3O/c1-5-12-19-14(9-11-18-19)15(20)7-6-13(8-10-17)16(2,3)4/h9,11,13H,5-8,10,12,17H2,1-4H3. The van der Waals surface area contributed by atoms with E-state index < -0.39 is 0 Å². The van der Waals surface area contributed by atoms with Crippen molar-refractivity contribution >= 4 is 5.78 Å². The number of rotatable bonds is 8. The fourth-order valence-electron chi connectivity index (χ4n) is 2.60. The molecule has 0 aliphatic carbocycles. The molecule has 1 atom stereocenters. The van der Waals surface area contributed by atoms with Gasteiger partial charge in [-0.2, -0.15) is 5.10 Å². The van der Waals surface area contributed by atoms with Crippen LogP contribution in [0.3, 0.4) is 0 Å². The highest BCUT2D eigenvalue weighted by molar-refractivity contribution is 5.94. The summed E-state index contributed by atoms with van der Waals surface area (Å²) >= 11 is 0. The molecule has 4 nitrogen and oxygen atoms in total. The number of Topliss-reactive ketones (excluding diaryl/α,β-unsaturated/α-hetero) is 1. The Morgan fingerprint density at radius 3 is 2.65 bits per heavy atom. The Morgan fingerprint density at radius 2 is 2.10 bits per heavy atom. The molecule has 0 aliphatic rings. The molecule has 1 aromatic heterocycles. The predicted octanol–water partition coefficient (Wildman–Crippen LogP) is 3.27. The van der Waals surface area contributed by atoms with Gasteiger partial charge in [-0.15, -0.1) is 0 Å². The normalized spacial score (nSPS) is 13.4. The van der Waals surface area contributed by atoms with Crippen molar-refractivity contribution in [3.8, 4) is 0 Å². The van der Waals surface area contributed by atoms with Gasteiger partial charge in [0.05, 0.1) is 0 Å². The van der Waals surface area contributed by atoms with E-state index >= 15 is 0 Å². The summed E-state index contributed by atoms with van der Waals surface area (Å²) in [5.74, 6) is 0.682. The molecule has 0 aliphatic heterocycles. The molecule has 20 heavy (non-hydrogen) atoms. The largest absolute Gasteiger partial charge is 0.330 e. The van der Waals surface area contributed by atoms with Crippen molar-refractivity contribution in [1.29, 1.82) is 0 Å². The van der Waals surface area contributed by atoms with Crippen LogP contribution >= 0.6 is 0 Å². The maximum absolute atomic E-state index is 12.3. The number of nitrogens with zero attached hydrogens (tertiary/aromatic N) is 2. The van der Waals surface area contributed by atoms with Crippen LogP contribution in [0.15, 0.2) is 12.3 Å². The van der Waals surface area contributed by atoms with Crippen molar-refractivity contribution in [2.75, 3.05) is 6.54 Å². The third kappa shape index (κ3) is 4.75. The van der Waals surface area contributed by atoms with E-state index in [1.165, 1.54) is 0 Å². The maximum Gasteiger partial charge on any atom is 0.180 e. The lowest BCUT2D eigenvalue weighted by Crippen LogP contribution is -2.24. The van der Waals surface area contributed by atoms with Gasteiger partial charge in [-0.1, -0.05) is 27.7 Å². The summed E-state index contributed by atoms with van der Waals surface area (Å²) in [5.41, 5.74) is 6.63. The number of ketones is 1. The summed E-state index contributed by atoms with van der Waals surface area (Å²) in [6.07, 6.45) is 5.16. The maximum atomic E-state index is 12.3. The van der Waals surface area contributed by atoms with Crippen LogP contribution in [0.25, 0.3) is 0 Å². The number of hydrogen-bond acceptors (Lipinski definition) is 3. The van der Waals surface area contributed by atoms with Gasteiger partial charge in [-0.25, -0.2) is 0 Å². The Labute approximate surface area is 122 Å². The zero-order valence-corrected chi connectivity index (χ0v) is 13.4. The Bertz CT molecular complexity index is 418. The van der Waals surface area contributed by atoms with Crippen LogP contribution in [0.5, 0.6) is 0 Å². The van der Waals surface area contributed by atoms with Crippen LogP contribution in [-0.2, 0) is 6.54 Å². The van der Waals surface area contributed by atoms with E-state index in [9.17, 15) is 4.79 Å². The highest BCUT2D eigenvalue weighted by Gasteiger charge is 2.25. The summed E-state index contributed by atoms with van der Waals surface area (Å²) in [5, 5.41) is 4.22. The number of aryl methyl sites for hydroxylation is 1. The minimum absolute atomic E-state index is 0.197. The average Bonchev–Trinajstić information content (AvgIpc) is 2.81. The molecule has 1 aromatic rings. The van der Waals surface area contributed by atoms with Crippen LogP contribution < -0.4 is 5.73 Å². The lowest BCUT2D eigenvalue weighted by molar-refractivity contribution is 0.0947. The van der Waals surface area contributed by atoms with Crippen LogP contribution in [-0.4, -0.2) is 22.1 Å². The molecule has 0 saturated carbocycles. The third-order valence-electron chi connectivity index (χ3n) is 3.90. The fourth-order valence-corrected chi connectivity index (χ4v) is 2.60. The van der Waals surface area contributed by atoms with Crippen LogP contribution in [0.1, 0.15) is 63.9 Å².